The van der Waals surface area contributed by atoms with Crippen molar-refractivity contribution in [2.24, 2.45) is 0 Å². The summed E-state index contributed by atoms with van der Waals surface area (Å²) >= 11 is 1.01. The largest absolute Gasteiger partial charge is 0.449 e. The SMILES string of the molecule is CCOC(=O)N1c2cc(C)c(C)cc2N(C(=O)c2cnsn2)CC1CC. The quantitative estimate of drug-likeness (QED) is 0.821. The van der Waals surface area contributed by atoms with Gasteiger partial charge in [-0.25, -0.2) is 4.79 Å². The minimum Gasteiger partial charge on any atom is -0.449 e. The van der Waals surface area contributed by atoms with Crippen molar-refractivity contribution in [3.63, 3.8) is 0 Å². The molecule has 1 unspecified atom stereocenters. The van der Waals surface area contributed by atoms with E-state index >= 15 is 0 Å². The topological polar surface area (TPSA) is 75.6 Å². The third-order valence-corrected chi connectivity index (χ3v) is 5.14. The van der Waals surface area contributed by atoms with Gasteiger partial charge < -0.3 is 9.64 Å². The maximum Gasteiger partial charge on any atom is 0.414 e. The molecule has 1 aromatic heterocycles. The van der Waals surface area contributed by atoms with Crippen LogP contribution in [0, 0.1) is 13.8 Å². The predicted molar refractivity (Wildman–Crippen MR) is 101 cm³/mol. The molecule has 1 atom stereocenters. The van der Waals surface area contributed by atoms with Crippen LogP contribution in [-0.4, -0.2) is 39.9 Å². The molecule has 0 bridgehead atoms. The maximum absolute atomic E-state index is 13.0. The molecule has 8 heteroatoms. The summed E-state index contributed by atoms with van der Waals surface area (Å²) in [6, 6.07) is 3.72. The zero-order valence-electron chi connectivity index (χ0n) is 15.4. The average Bonchev–Trinajstić information content (AvgIpc) is 3.15. The van der Waals surface area contributed by atoms with E-state index in [0.717, 1.165) is 22.9 Å². The Morgan fingerprint density at radius 2 is 1.92 bits per heavy atom. The molecule has 138 valence electrons. The highest BCUT2D eigenvalue weighted by Crippen LogP contribution is 2.39. The van der Waals surface area contributed by atoms with Crippen LogP contribution in [0.5, 0.6) is 0 Å². The minimum absolute atomic E-state index is 0.167. The van der Waals surface area contributed by atoms with Gasteiger partial charge in [-0.15, -0.1) is 0 Å². The molecular formula is C18H22N4O3S. The Kier molecular flexibility index (Phi) is 5.22. The molecule has 0 saturated carbocycles. The number of benzene rings is 1. The van der Waals surface area contributed by atoms with Crippen LogP contribution in [0.3, 0.4) is 0 Å². The summed E-state index contributed by atoms with van der Waals surface area (Å²) in [5.74, 6) is -0.204. The van der Waals surface area contributed by atoms with Gasteiger partial charge in [-0.1, -0.05) is 6.92 Å². The zero-order valence-corrected chi connectivity index (χ0v) is 16.2. The van der Waals surface area contributed by atoms with Crippen molar-refractivity contribution >= 4 is 35.1 Å². The number of carbonyl (C=O) groups is 2. The van der Waals surface area contributed by atoms with Crippen molar-refractivity contribution in [2.75, 3.05) is 23.0 Å². The summed E-state index contributed by atoms with van der Waals surface area (Å²) in [7, 11) is 0. The molecule has 0 fully saturated rings. The lowest BCUT2D eigenvalue weighted by Gasteiger charge is -2.41. The third kappa shape index (κ3) is 3.16. The van der Waals surface area contributed by atoms with E-state index in [2.05, 4.69) is 8.75 Å². The number of rotatable bonds is 3. The van der Waals surface area contributed by atoms with Crippen molar-refractivity contribution in [3.8, 4) is 0 Å². The molecule has 7 nitrogen and oxygen atoms in total. The van der Waals surface area contributed by atoms with Crippen LogP contribution < -0.4 is 9.80 Å². The van der Waals surface area contributed by atoms with Crippen molar-refractivity contribution < 1.29 is 14.3 Å². The molecule has 3 rings (SSSR count). The number of anilines is 2. The number of amides is 2. The first-order chi connectivity index (χ1) is 12.5. The highest BCUT2D eigenvalue weighted by molar-refractivity contribution is 6.99. The number of aromatic nitrogens is 2. The lowest BCUT2D eigenvalue weighted by molar-refractivity contribution is 0.0977. The summed E-state index contributed by atoms with van der Waals surface area (Å²) in [4.78, 5) is 29.0. The fraction of sp³-hybridized carbons (Fsp3) is 0.444. The summed E-state index contributed by atoms with van der Waals surface area (Å²) < 4.78 is 13.3. The number of nitrogens with zero attached hydrogens (tertiary/aromatic N) is 4. The molecule has 0 aliphatic carbocycles. The van der Waals surface area contributed by atoms with Gasteiger partial charge in [0.2, 0.25) is 0 Å². The molecule has 0 spiro atoms. The van der Waals surface area contributed by atoms with Crippen molar-refractivity contribution in [1.29, 1.82) is 0 Å². The van der Waals surface area contributed by atoms with Crippen molar-refractivity contribution in [2.45, 2.75) is 40.2 Å². The Morgan fingerprint density at radius 1 is 1.23 bits per heavy atom. The minimum atomic E-state index is -0.383. The molecule has 0 N–H and O–H groups in total. The van der Waals surface area contributed by atoms with Gasteiger partial charge in [0, 0.05) is 6.54 Å². The van der Waals surface area contributed by atoms with E-state index in [1.54, 1.807) is 16.7 Å². The van der Waals surface area contributed by atoms with E-state index in [1.165, 1.54) is 6.20 Å². The molecule has 2 aromatic rings. The van der Waals surface area contributed by atoms with E-state index in [-0.39, 0.29) is 18.0 Å². The highest BCUT2D eigenvalue weighted by atomic mass is 32.1. The van der Waals surface area contributed by atoms with Gasteiger partial charge in [-0.05, 0) is 50.5 Å². The predicted octanol–water partition coefficient (Wildman–Crippen LogP) is 3.56. The van der Waals surface area contributed by atoms with Gasteiger partial charge in [-0.2, -0.15) is 8.75 Å². The van der Waals surface area contributed by atoms with Crippen molar-refractivity contribution in [3.05, 3.63) is 35.2 Å². The van der Waals surface area contributed by atoms with Crippen molar-refractivity contribution in [1.82, 2.24) is 8.75 Å². The maximum atomic E-state index is 13.0. The molecule has 2 amide bonds. The second kappa shape index (κ2) is 7.41. The van der Waals surface area contributed by atoms with Crippen LogP contribution in [0.15, 0.2) is 18.3 Å². The number of fused-ring (bicyclic) bond motifs is 1. The lowest BCUT2D eigenvalue weighted by atomic mass is 10.00. The second-order valence-corrected chi connectivity index (χ2v) is 6.82. The Balaban J connectivity index is 2.12. The number of hydrogen-bond donors (Lipinski definition) is 0. The van der Waals surface area contributed by atoms with Crippen LogP contribution in [0.25, 0.3) is 0 Å². The second-order valence-electron chi connectivity index (χ2n) is 6.26. The molecule has 0 radical (unpaired) electrons. The molecular weight excluding hydrogens is 352 g/mol. The van der Waals surface area contributed by atoms with Gasteiger partial charge >= 0.3 is 6.09 Å². The molecule has 1 aliphatic heterocycles. The summed E-state index contributed by atoms with van der Waals surface area (Å²) in [6.07, 6.45) is 1.79. The van der Waals surface area contributed by atoms with Crippen LogP contribution in [0.4, 0.5) is 16.2 Å². The average molecular weight is 374 g/mol. The standard InChI is InChI=1S/C18H22N4O3S/c1-5-13-10-21(17(23)14-9-19-26-20-14)15-7-11(3)12(4)8-16(15)22(13)18(24)25-6-2/h7-9,13H,5-6,10H2,1-4H3. The first kappa shape index (κ1) is 18.3. The zero-order chi connectivity index (χ0) is 18.8. The Labute approximate surface area is 156 Å². The molecule has 0 saturated heterocycles. The number of carbonyl (C=O) groups excluding carboxylic acids is 2. The normalized spacial score (nSPS) is 16.4. The fourth-order valence-corrected chi connectivity index (χ4v) is 3.53. The monoisotopic (exact) mass is 374 g/mol. The van der Waals surface area contributed by atoms with E-state index in [4.69, 9.17) is 4.74 Å². The highest BCUT2D eigenvalue weighted by Gasteiger charge is 2.38. The van der Waals surface area contributed by atoms with E-state index in [9.17, 15) is 9.59 Å². The number of aryl methyl sites for hydroxylation is 2. The first-order valence-corrected chi connectivity index (χ1v) is 9.37. The number of ether oxygens (including phenoxy) is 1. The van der Waals surface area contributed by atoms with Gasteiger partial charge in [0.1, 0.15) is 0 Å². The van der Waals surface area contributed by atoms with Crippen LogP contribution in [0.2, 0.25) is 0 Å². The molecule has 1 aliphatic rings. The fourth-order valence-electron chi connectivity index (χ4n) is 3.12. The summed E-state index contributed by atoms with van der Waals surface area (Å²) in [6.45, 7) is 8.46. The lowest BCUT2D eigenvalue weighted by Crippen LogP contribution is -2.53. The Morgan fingerprint density at radius 3 is 2.50 bits per heavy atom. The van der Waals surface area contributed by atoms with Crippen LogP contribution in [-0.2, 0) is 4.74 Å². The van der Waals surface area contributed by atoms with Gasteiger partial charge in [0.25, 0.3) is 5.91 Å². The van der Waals surface area contributed by atoms with E-state index in [1.807, 2.05) is 32.9 Å². The molecule has 2 heterocycles. The Hall–Kier alpha value is -2.48. The summed E-state index contributed by atoms with van der Waals surface area (Å²) in [5.41, 5.74) is 3.82. The van der Waals surface area contributed by atoms with E-state index < -0.39 is 0 Å². The van der Waals surface area contributed by atoms with E-state index in [0.29, 0.717) is 36.6 Å². The van der Waals surface area contributed by atoms with Crippen LogP contribution >= 0.6 is 11.7 Å². The molecule has 1 aromatic carbocycles. The Bertz CT molecular complexity index is 822. The third-order valence-electron chi connectivity index (χ3n) is 4.66. The smallest absolute Gasteiger partial charge is 0.414 e. The molecule has 26 heavy (non-hydrogen) atoms. The first-order valence-electron chi connectivity index (χ1n) is 8.64. The van der Waals surface area contributed by atoms with Gasteiger partial charge in [-0.3, -0.25) is 9.69 Å². The van der Waals surface area contributed by atoms with Gasteiger partial charge in [0.05, 0.1) is 41.9 Å². The van der Waals surface area contributed by atoms with Gasteiger partial charge in [0.15, 0.2) is 5.69 Å². The summed E-state index contributed by atoms with van der Waals surface area (Å²) in [5, 5.41) is 0. The number of hydrogen-bond acceptors (Lipinski definition) is 6. The van der Waals surface area contributed by atoms with Crippen LogP contribution in [0.1, 0.15) is 41.9 Å².